The first-order valence-electron chi connectivity index (χ1n) is 8.28. The number of aromatic nitrogens is 2. The van der Waals surface area contributed by atoms with Gasteiger partial charge in [0.1, 0.15) is 0 Å². The van der Waals surface area contributed by atoms with E-state index in [1.165, 1.54) is 48.7 Å². The predicted molar refractivity (Wildman–Crippen MR) is 88.2 cm³/mol. The zero-order chi connectivity index (χ0) is 14.9. The monoisotopic (exact) mass is 285 g/mol. The third-order valence-electron chi connectivity index (χ3n) is 5.43. The first-order chi connectivity index (χ1) is 10.2. The zero-order valence-electron chi connectivity index (χ0n) is 13.3. The lowest BCUT2D eigenvalue weighted by molar-refractivity contribution is 0.141. The number of fused-ring (bicyclic) bond motifs is 1. The van der Waals surface area contributed by atoms with Crippen LogP contribution in [-0.4, -0.2) is 16.3 Å². The molecule has 2 unspecified atom stereocenters. The molecule has 1 fully saturated rings. The molecule has 1 heterocycles. The molecule has 1 aliphatic carbocycles. The fraction of sp³-hybridized carbons (Fsp3) is 0.611. The zero-order valence-corrected chi connectivity index (χ0v) is 13.3. The molecular formula is C18H27N3. The van der Waals surface area contributed by atoms with Gasteiger partial charge in [0.2, 0.25) is 0 Å². The van der Waals surface area contributed by atoms with E-state index in [2.05, 4.69) is 31.2 Å². The summed E-state index contributed by atoms with van der Waals surface area (Å²) in [5.74, 6) is 0.845. The lowest BCUT2D eigenvalue weighted by Gasteiger charge is -2.40. The van der Waals surface area contributed by atoms with Crippen LogP contribution in [-0.2, 0) is 13.5 Å². The van der Waals surface area contributed by atoms with Gasteiger partial charge in [-0.3, -0.25) is 4.68 Å². The van der Waals surface area contributed by atoms with Crippen molar-refractivity contribution < 1.29 is 0 Å². The number of rotatable bonds is 4. The van der Waals surface area contributed by atoms with Crippen molar-refractivity contribution in [2.45, 2.75) is 45.4 Å². The molecule has 0 aliphatic heterocycles. The molecular weight excluding hydrogens is 258 g/mol. The number of aryl methyl sites for hydroxylation is 1. The maximum absolute atomic E-state index is 6.22. The second kappa shape index (κ2) is 5.80. The number of hydrogen-bond donors (Lipinski definition) is 1. The highest BCUT2D eigenvalue weighted by Crippen LogP contribution is 2.42. The van der Waals surface area contributed by atoms with Crippen molar-refractivity contribution in [3.8, 4) is 0 Å². The average Bonchev–Trinajstić information content (AvgIpc) is 2.84. The van der Waals surface area contributed by atoms with Crippen LogP contribution in [0.25, 0.3) is 10.9 Å². The first kappa shape index (κ1) is 14.6. The minimum absolute atomic E-state index is 0.260. The standard InChI is InChI=1S/C18H27N3/c1-3-14-7-6-10-18(11-14,13-19)12-16-15-8-4-5-9-17(15)21(2)20-16/h4-5,8-9,14H,3,6-7,10-13,19H2,1-2H3. The first-order valence-corrected chi connectivity index (χ1v) is 8.28. The molecule has 1 aliphatic rings. The third kappa shape index (κ3) is 2.71. The molecule has 1 saturated carbocycles. The molecule has 0 saturated heterocycles. The maximum Gasteiger partial charge on any atom is 0.0709 e. The van der Waals surface area contributed by atoms with Crippen molar-refractivity contribution in [2.75, 3.05) is 6.54 Å². The van der Waals surface area contributed by atoms with Crippen LogP contribution in [0.3, 0.4) is 0 Å². The molecule has 3 rings (SSSR count). The van der Waals surface area contributed by atoms with Gasteiger partial charge < -0.3 is 5.73 Å². The molecule has 2 N–H and O–H groups in total. The number of benzene rings is 1. The fourth-order valence-corrected chi connectivity index (χ4v) is 4.12. The molecule has 1 aromatic heterocycles. The van der Waals surface area contributed by atoms with Gasteiger partial charge in [-0.2, -0.15) is 5.10 Å². The molecule has 3 heteroatoms. The molecule has 1 aromatic carbocycles. The largest absolute Gasteiger partial charge is 0.330 e. The highest BCUT2D eigenvalue weighted by Gasteiger charge is 2.35. The number of nitrogens with zero attached hydrogens (tertiary/aromatic N) is 2. The second-order valence-electron chi connectivity index (χ2n) is 6.84. The van der Waals surface area contributed by atoms with E-state index in [0.717, 1.165) is 18.9 Å². The molecule has 2 atom stereocenters. The van der Waals surface area contributed by atoms with Crippen molar-refractivity contribution in [2.24, 2.45) is 24.1 Å². The van der Waals surface area contributed by atoms with Crippen molar-refractivity contribution in [1.29, 1.82) is 0 Å². The Morgan fingerprint density at radius 2 is 2.19 bits per heavy atom. The quantitative estimate of drug-likeness (QED) is 0.931. The Balaban J connectivity index is 1.92. The van der Waals surface area contributed by atoms with E-state index in [1.54, 1.807) is 0 Å². The lowest BCUT2D eigenvalue weighted by Crippen LogP contribution is -2.38. The summed E-state index contributed by atoms with van der Waals surface area (Å²) < 4.78 is 2.01. The van der Waals surface area contributed by atoms with Crippen molar-refractivity contribution in [3.63, 3.8) is 0 Å². The molecule has 3 nitrogen and oxygen atoms in total. The molecule has 114 valence electrons. The van der Waals surface area contributed by atoms with Crippen LogP contribution in [0.2, 0.25) is 0 Å². The third-order valence-corrected chi connectivity index (χ3v) is 5.43. The summed E-state index contributed by atoms with van der Waals surface area (Å²) in [5, 5.41) is 6.09. The topological polar surface area (TPSA) is 43.8 Å². The normalized spacial score (nSPS) is 26.3. The van der Waals surface area contributed by atoms with Crippen LogP contribution in [0, 0.1) is 11.3 Å². The summed E-state index contributed by atoms with van der Waals surface area (Å²) in [7, 11) is 2.04. The van der Waals surface area contributed by atoms with Gasteiger partial charge in [-0.15, -0.1) is 0 Å². The summed E-state index contributed by atoms with van der Waals surface area (Å²) in [5.41, 5.74) is 8.94. The van der Waals surface area contributed by atoms with E-state index in [9.17, 15) is 0 Å². The van der Waals surface area contributed by atoms with Gasteiger partial charge in [-0.1, -0.05) is 44.4 Å². The summed E-state index contributed by atoms with van der Waals surface area (Å²) in [6, 6.07) is 8.54. The van der Waals surface area contributed by atoms with Crippen molar-refractivity contribution >= 4 is 10.9 Å². The van der Waals surface area contributed by atoms with Crippen LogP contribution in [0.4, 0.5) is 0 Å². The second-order valence-corrected chi connectivity index (χ2v) is 6.84. The van der Waals surface area contributed by atoms with Crippen LogP contribution in [0.15, 0.2) is 24.3 Å². The van der Waals surface area contributed by atoms with Gasteiger partial charge in [-0.05, 0) is 43.2 Å². The number of nitrogens with two attached hydrogens (primary N) is 1. The van der Waals surface area contributed by atoms with Crippen LogP contribution in [0.5, 0.6) is 0 Å². The number of para-hydroxylation sites is 1. The van der Waals surface area contributed by atoms with Gasteiger partial charge in [0.05, 0.1) is 11.2 Å². The van der Waals surface area contributed by atoms with Crippen molar-refractivity contribution in [1.82, 2.24) is 9.78 Å². The van der Waals surface area contributed by atoms with Crippen LogP contribution >= 0.6 is 0 Å². The summed E-state index contributed by atoms with van der Waals surface area (Å²) in [4.78, 5) is 0. The van der Waals surface area contributed by atoms with Gasteiger partial charge in [-0.25, -0.2) is 0 Å². The molecule has 0 spiro atoms. The van der Waals surface area contributed by atoms with Gasteiger partial charge in [0.15, 0.2) is 0 Å². The Morgan fingerprint density at radius 1 is 1.38 bits per heavy atom. The summed E-state index contributed by atoms with van der Waals surface area (Å²) in [6.07, 6.45) is 7.53. The fourth-order valence-electron chi connectivity index (χ4n) is 4.12. The van der Waals surface area contributed by atoms with Crippen LogP contribution in [0.1, 0.15) is 44.7 Å². The molecule has 0 bridgehead atoms. The molecule has 0 amide bonds. The highest BCUT2D eigenvalue weighted by molar-refractivity contribution is 5.81. The van der Waals surface area contributed by atoms with Gasteiger partial charge >= 0.3 is 0 Å². The van der Waals surface area contributed by atoms with E-state index in [0.29, 0.717) is 0 Å². The predicted octanol–water partition coefficient (Wildman–Crippen LogP) is 3.66. The van der Waals surface area contributed by atoms with Crippen molar-refractivity contribution in [3.05, 3.63) is 30.0 Å². The Kier molecular flexibility index (Phi) is 4.03. The Hall–Kier alpha value is -1.35. The van der Waals surface area contributed by atoms with E-state index in [4.69, 9.17) is 10.8 Å². The molecule has 21 heavy (non-hydrogen) atoms. The molecule has 0 radical (unpaired) electrons. The Morgan fingerprint density at radius 3 is 2.95 bits per heavy atom. The SMILES string of the molecule is CCC1CCCC(CN)(Cc2nn(C)c3ccccc23)C1. The lowest BCUT2D eigenvalue weighted by atomic mass is 9.66. The number of hydrogen-bond acceptors (Lipinski definition) is 2. The van der Waals surface area contributed by atoms with Gasteiger partial charge in [0.25, 0.3) is 0 Å². The van der Waals surface area contributed by atoms with Gasteiger partial charge in [0, 0.05) is 12.4 Å². The van der Waals surface area contributed by atoms with E-state index in [1.807, 2.05) is 11.7 Å². The summed E-state index contributed by atoms with van der Waals surface area (Å²) in [6.45, 7) is 3.10. The Labute approximate surface area is 127 Å². The molecule has 2 aromatic rings. The minimum Gasteiger partial charge on any atom is -0.330 e. The minimum atomic E-state index is 0.260. The average molecular weight is 285 g/mol. The maximum atomic E-state index is 6.22. The summed E-state index contributed by atoms with van der Waals surface area (Å²) >= 11 is 0. The van der Waals surface area contributed by atoms with E-state index < -0.39 is 0 Å². The van der Waals surface area contributed by atoms with E-state index >= 15 is 0 Å². The highest BCUT2D eigenvalue weighted by atomic mass is 15.3. The Bertz CT molecular complexity index is 616. The van der Waals surface area contributed by atoms with E-state index in [-0.39, 0.29) is 5.41 Å². The van der Waals surface area contributed by atoms with Crippen LogP contribution < -0.4 is 5.73 Å². The smallest absolute Gasteiger partial charge is 0.0709 e.